The van der Waals surface area contributed by atoms with Crippen molar-refractivity contribution in [3.8, 4) is 0 Å². The first kappa shape index (κ1) is 13.8. The van der Waals surface area contributed by atoms with Gasteiger partial charge in [0, 0.05) is 23.6 Å². The fraction of sp³-hybridized carbons (Fsp3) is 0.571. The first-order chi connectivity index (χ1) is 8.39. The van der Waals surface area contributed by atoms with Gasteiger partial charge in [-0.2, -0.15) is 0 Å². The van der Waals surface area contributed by atoms with Crippen molar-refractivity contribution in [1.82, 2.24) is 0 Å². The Labute approximate surface area is 117 Å². The molecule has 3 N–H and O–H groups in total. The lowest BCUT2D eigenvalue weighted by atomic mass is 9.94. The molecule has 4 heteroatoms. The molecule has 0 aliphatic carbocycles. The van der Waals surface area contributed by atoms with Crippen molar-refractivity contribution in [2.45, 2.75) is 38.3 Å². The number of nitrogens with zero attached hydrogens (tertiary/aromatic N) is 1. The summed E-state index contributed by atoms with van der Waals surface area (Å²) in [5, 5.41) is 10.2. The molecule has 0 bridgehead atoms. The van der Waals surface area contributed by atoms with Crippen molar-refractivity contribution in [2.75, 3.05) is 18.0 Å². The number of nitrogens with two attached hydrogens (primary N) is 1. The maximum absolute atomic E-state index is 10.2. The van der Waals surface area contributed by atoms with Gasteiger partial charge in [0.15, 0.2) is 0 Å². The van der Waals surface area contributed by atoms with E-state index >= 15 is 0 Å². The Kier molecular flexibility index (Phi) is 3.99. The molecule has 1 aliphatic rings. The van der Waals surface area contributed by atoms with Crippen LogP contribution >= 0.6 is 15.9 Å². The summed E-state index contributed by atoms with van der Waals surface area (Å²) < 4.78 is 1.05. The van der Waals surface area contributed by atoms with Gasteiger partial charge in [-0.3, -0.25) is 0 Å². The molecule has 0 aromatic heterocycles. The van der Waals surface area contributed by atoms with Crippen molar-refractivity contribution >= 4 is 21.6 Å². The Hall–Kier alpha value is -0.580. The summed E-state index contributed by atoms with van der Waals surface area (Å²) in [6.07, 6.45) is 1.90. The molecule has 0 saturated carbocycles. The van der Waals surface area contributed by atoms with Gasteiger partial charge in [0.2, 0.25) is 0 Å². The summed E-state index contributed by atoms with van der Waals surface area (Å²) in [5.41, 5.74) is 7.55. The number of hydrogen-bond donors (Lipinski definition) is 2. The highest BCUT2D eigenvalue weighted by molar-refractivity contribution is 9.10. The van der Waals surface area contributed by atoms with Crippen molar-refractivity contribution < 1.29 is 5.11 Å². The Morgan fingerprint density at radius 3 is 2.78 bits per heavy atom. The van der Waals surface area contributed by atoms with Gasteiger partial charge in [-0.1, -0.05) is 6.07 Å². The fourth-order valence-electron chi connectivity index (χ4n) is 2.49. The van der Waals surface area contributed by atoms with Gasteiger partial charge in [-0.05, 0) is 60.3 Å². The highest BCUT2D eigenvalue weighted by Crippen LogP contribution is 2.32. The van der Waals surface area contributed by atoms with Crippen LogP contribution in [0.25, 0.3) is 0 Å². The Bertz CT molecular complexity index is 432. The maximum atomic E-state index is 10.2. The quantitative estimate of drug-likeness (QED) is 0.883. The molecular weight excluding hydrogens is 292 g/mol. The lowest BCUT2D eigenvalue weighted by molar-refractivity contribution is 0.0449. The second kappa shape index (κ2) is 5.19. The van der Waals surface area contributed by atoms with Crippen LogP contribution < -0.4 is 10.6 Å². The third-order valence-electron chi connectivity index (χ3n) is 3.51. The number of hydrogen-bond acceptors (Lipinski definition) is 3. The normalized spacial score (nSPS) is 26.2. The van der Waals surface area contributed by atoms with Crippen molar-refractivity contribution in [2.24, 2.45) is 5.73 Å². The summed E-state index contributed by atoms with van der Waals surface area (Å²) in [5.74, 6) is 0. The molecule has 1 aromatic rings. The van der Waals surface area contributed by atoms with Crippen LogP contribution in [-0.4, -0.2) is 23.8 Å². The number of piperidine rings is 1. The molecule has 0 radical (unpaired) electrons. The molecule has 1 saturated heterocycles. The molecule has 0 spiro atoms. The van der Waals surface area contributed by atoms with E-state index in [9.17, 15) is 5.11 Å². The number of aliphatic hydroxyl groups is 1. The van der Waals surface area contributed by atoms with Crippen LogP contribution in [0, 0.1) is 0 Å². The molecule has 1 aliphatic heterocycles. The predicted octanol–water partition coefficient (Wildman–Crippen LogP) is 2.82. The molecule has 3 nitrogen and oxygen atoms in total. The molecule has 18 heavy (non-hydrogen) atoms. The zero-order valence-electron chi connectivity index (χ0n) is 11.0. The lowest BCUT2D eigenvalue weighted by Crippen LogP contribution is -2.46. The van der Waals surface area contributed by atoms with E-state index in [1.165, 1.54) is 0 Å². The number of halogens is 1. The van der Waals surface area contributed by atoms with E-state index in [-0.39, 0.29) is 6.04 Å². The second-order valence-corrected chi connectivity index (χ2v) is 6.38. The first-order valence-corrected chi connectivity index (χ1v) is 7.21. The minimum atomic E-state index is -0.586. The molecular formula is C14H21BrN2O. The average molecular weight is 313 g/mol. The molecule has 0 amide bonds. The largest absolute Gasteiger partial charge is 0.388 e. The lowest BCUT2D eigenvalue weighted by Gasteiger charge is -2.38. The Balaban J connectivity index is 2.23. The SMILES string of the molecule is CC(N)c1ccc(N2CCCC(C)(O)C2)c(Br)c1. The van der Waals surface area contributed by atoms with Crippen LogP contribution in [0.3, 0.4) is 0 Å². The fourth-order valence-corrected chi connectivity index (χ4v) is 3.14. The molecule has 1 fully saturated rings. The molecule has 2 atom stereocenters. The van der Waals surface area contributed by atoms with Crippen molar-refractivity contribution in [1.29, 1.82) is 0 Å². The minimum Gasteiger partial charge on any atom is -0.388 e. The monoisotopic (exact) mass is 312 g/mol. The van der Waals surface area contributed by atoms with E-state index < -0.39 is 5.60 Å². The van der Waals surface area contributed by atoms with Crippen molar-refractivity contribution in [3.63, 3.8) is 0 Å². The average Bonchev–Trinajstić information content (AvgIpc) is 2.27. The maximum Gasteiger partial charge on any atom is 0.0794 e. The number of β-amino-alcohol motifs (C(OH)–C–C–N with tert-alkyl or cyclic N) is 1. The Morgan fingerprint density at radius 2 is 2.22 bits per heavy atom. The molecule has 1 aromatic carbocycles. The molecule has 1 heterocycles. The van der Waals surface area contributed by atoms with E-state index in [0.29, 0.717) is 6.54 Å². The van der Waals surface area contributed by atoms with Crippen molar-refractivity contribution in [3.05, 3.63) is 28.2 Å². The topological polar surface area (TPSA) is 49.5 Å². The van der Waals surface area contributed by atoms with Crippen LogP contribution in [0.15, 0.2) is 22.7 Å². The number of benzene rings is 1. The van der Waals surface area contributed by atoms with Gasteiger partial charge < -0.3 is 15.7 Å². The summed E-state index contributed by atoms with van der Waals surface area (Å²) in [6, 6.07) is 6.27. The third-order valence-corrected chi connectivity index (χ3v) is 4.15. The molecule has 2 unspecified atom stereocenters. The van der Waals surface area contributed by atoms with Gasteiger partial charge >= 0.3 is 0 Å². The van der Waals surface area contributed by atoms with Gasteiger partial charge in [-0.15, -0.1) is 0 Å². The third kappa shape index (κ3) is 3.05. The van der Waals surface area contributed by atoms with E-state index in [0.717, 1.165) is 35.1 Å². The predicted molar refractivity (Wildman–Crippen MR) is 78.8 cm³/mol. The minimum absolute atomic E-state index is 0.0415. The van der Waals surface area contributed by atoms with E-state index in [1.54, 1.807) is 0 Å². The van der Waals surface area contributed by atoms with Crippen LogP contribution in [-0.2, 0) is 0 Å². The number of rotatable bonds is 2. The van der Waals surface area contributed by atoms with Gasteiger partial charge in [0.05, 0.1) is 11.3 Å². The standard InChI is InChI=1S/C14H21BrN2O/c1-10(16)11-4-5-13(12(15)8-11)17-7-3-6-14(2,18)9-17/h4-5,8,10,18H,3,6-7,9,16H2,1-2H3. The van der Waals surface area contributed by atoms with Crippen LogP contribution in [0.4, 0.5) is 5.69 Å². The number of anilines is 1. The first-order valence-electron chi connectivity index (χ1n) is 6.41. The van der Waals surface area contributed by atoms with Crippen LogP contribution in [0.5, 0.6) is 0 Å². The highest BCUT2D eigenvalue weighted by Gasteiger charge is 2.29. The zero-order valence-corrected chi connectivity index (χ0v) is 12.6. The summed E-state index contributed by atoms with van der Waals surface area (Å²) in [4.78, 5) is 2.23. The summed E-state index contributed by atoms with van der Waals surface area (Å²) in [6.45, 7) is 5.56. The van der Waals surface area contributed by atoms with Crippen LogP contribution in [0.2, 0.25) is 0 Å². The Morgan fingerprint density at radius 1 is 1.50 bits per heavy atom. The van der Waals surface area contributed by atoms with Gasteiger partial charge in [-0.25, -0.2) is 0 Å². The highest BCUT2D eigenvalue weighted by atomic mass is 79.9. The molecule has 100 valence electrons. The van der Waals surface area contributed by atoms with Crippen LogP contribution in [0.1, 0.15) is 38.3 Å². The summed E-state index contributed by atoms with van der Waals surface area (Å²) >= 11 is 3.61. The zero-order chi connectivity index (χ0) is 13.3. The molecule has 2 rings (SSSR count). The van der Waals surface area contributed by atoms with E-state index in [4.69, 9.17) is 5.73 Å². The van der Waals surface area contributed by atoms with Gasteiger partial charge in [0.1, 0.15) is 0 Å². The smallest absolute Gasteiger partial charge is 0.0794 e. The summed E-state index contributed by atoms with van der Waals surface area (Å²) in [7, 11) is 0. The van der Waals surface area contributed by atoms with E-state index in [2.05, 4.69) is 39.0 Å². The second-order valence-electron chi connectivity index (χ2n) is 5.52. The van der Waals surface area contributed by atoms with E-state index in [1.807, 2.05) is 13.8 Å². The van der Waals surface area contributed by atoms with Gasteiger partial charge in [0.25, 0.3) is 0 Å².